The summed E-state index contributed by atoms with van der Waals surface area (Å²) in [5.41, 5.74) is 2.54. The maximum Gasteiger partial charge on any atom is 0.166 e. The van der Waals surface area contributed by atoms with Crippen molar-refractivity contribution >= 4 is 28.9 Å². The summed E-state index contributed by atoms with van der Waals surface area (Å²) >= 11 is 12.2. The smallest absolute Gasteiger partial charge is 0.166 e. The second-order valence-electron chi connectivity index (χ2n) is 5.83. The number of hydrogen-bond donors (Lipinski definition) is 1. The van der Waals surface area contributed by atoms with Gasteiger partial charge in [-0.2, -0.15) is 0 Å². The molecule has 0 amide bonds. The topological polar surface area (TPSA) is 30.5 Å². The van der Waals surface area contributed by atoms with Crippen LogP contribution in [0.3, 0.4) is 0 Å². The summed E-state index contributed by atoms with van der Waals surface area (Å²) < 4.78 is 24.5. The maximum absolute atomic E-state index is 13.0. The standard InChI is InChI=1S/C21H18Cl2FNO2/c1-26-20-4-2-3-14(12-25-18-9-7-17(24)8-10-18)21(20)27-13-15-5-6-16(22)11-19(15)23/h2-11,25H,12-13H2,1H3. The normalized spacial score (nSPS) is 10.5. The lowest BCUT2D eigenvalue weighted by molar-refractivity contribution is 0.282. The molecule has 0 saturated heterocycles. The Bertz CT molecular complexity index is 917. The number of benzene rings is 3. The number of nitrogens with one attached hydrogen (secondary N) is 1. The van der Waals surface area contributed by atoms with Gasteiger partial charge < -0.3 is 14.8 Å². The molecule has 3 aromatic carbocycles. The molecule has 0 spiro atoms. The third-order valence-electron chi connectivity index (χ3n) is 3.99. The molecule has 3 rings (SSSR count). The molecule has 0 saturated carbocycles. The fourth-order valence-electron chi connectivity index (χ4n) is 2.58. The van der Waals surface area contributed by atoms with Gasteiger partial charge in [-0.05, 0) is 42.5 Å². The quantitative estimate of drug-likeness (QED) is 0.497. The Morgan fingerprint density at radius 3 is 2.44 bits per heavy atom. The van der Waals surface area contributed by atoms with Crippen molar-refractivity contribution in [2.45, 2.75) is 13.2 Å². The molecule has 0 radical (unpaired) electrons. The van der Waals surface area contributed by atoms with E-state index in [9.17, 15) is 4.39 Å². The van der Waals surface area contributed by atoms with Gasteiger partial charge in [0.05, 0.1) is 7.11 Å². The molecule has 0 atom stereocenters. The zero-order valence-corrected chi connectivity index (χ0v) is 16.1. The number of anilines is 1. The highest BCUT2D eigenvalue weighted by molar-refractivity contribution is 6.35. The average Bonchev–Trinajstić information content (AvgIpc) is 2.67. The van der Waals surface area contributed by atoms with Crippen LogP contribution in [0.15, 0.2) is 60.7 Å². The lowest BCUT2D eigenvalue weighted by atomic mass is 10.1. The molecule has 0 aliphatic heterocycles. The van der Waals surface area contributed by atoms with Gasteiger partial charge in [0, 0.05) is 33.4 Å². The molecule has 0 aliphatic rings. The highest BCUT2D eigenvalue weighted by Gasteiger charge is 2.12. The van der Waals surface area contributed by atoms with Gasteiger partial charge in [0.1, 0.15) is 12.4 Å². The number of para-hydroxylation sites is 1. The number of methoxy groups -OCH3 is 1. The SMILES string of the molecule is COc1cccc(CNc2ccc(F)cc2)c1OCc1ccc(Cl)cc1Cl. The zero-order chi connectivity index (χ0) is 19.2. The Morgan fingerprint density at radius 1 is 0.963 bits per heavy atom. The highest BCUT2D eigenvalue weighted by atomic mass is 35.5. The summed E-state index contributed by atoms with van der Waals surface area (Å²) in [6.45, 7) is 0.770. The van der Waals surface area contributed by atoms with Gasteiger partial charge in [0.15, 0.2) is 11.5 Å². The fraction of sp³-hybridized carbons (Fsp3) is 0.143. The van der Waals surface area contributed by atoms with Gasteiger partial charge in [-0.25, -0.2) is 4.39 Å². The minimum Gasteiger partial charge on any atom is -0.493 e. The molecule has 0 unspecified atom stereocenters. The van der Waals surface area contributed by atoms with Crippen LogP contribution in [0.2, 0.25) is 10.0 Å². The predicted octanol–water partition coefficient (Wildman–Crippen LogP) is 6.33. The van der Waals surface area contributed by atoms with Crippen molar-refractivity contribution in [2.24, 2.45) is 0 Å². The van der Waals surface area contributed by atoms with Gasteiger partial charge >= 0.3 is 0 Å². The Labute approximate surface area is 167 Å². The molecule has 0 fully saturated rings. The molecular formula is C21H18Cl2FNO2. The third kappa shape index (κ3) is 5.06. The Morgan fingerprint density at radius 2 is 1.74 bits per heavy atom. The molecular weight excluding hydrogens is 388 g/mol. The average molecular weight is 406 g/mol. The summed E-state index contributed by atoms with van der Waals surface area (Å²) in [6.07, 6.45) is 0. The van der Waals surface area contributed by atoms with E-state index in [0.717, 1.165) is 16.8 Å². The molecule has 0 aromatic heterocycles. The Balaban J connectivity index is 1.77. The number of hydrogen-bond acceptors (Lipinski definition) is 3. The van der Waals surface area contributed by atoms with Crippen molar-refractivity contribution in [3.63, 3.8) is 0 Å². The van der Waals surface area contributed by atoms with E-state index in [-0.39, 0.29) is 12.4 Å². The van der Waals surface area contributed by atoms with Crippen molar-refractivity contribution in [1.29, 1.82) is 0 Å². The maximum atomic E-state index is 13.0. The monoisotopic (exact) mass is 405 g/mol. The molecule has 1 N–H and O–H groups in total. The molecule has 140 valence electrons. The van der Waals surface area contributed by atoms with Crippen LogP contribution in [0.1, 0.15) is 11.1 Å². The number of ether oxygens (including phenoxy) is 2. The summed E-state index contributed by atoms with van der Waals surface area (Å²) in [5, 5.41) is 4.37. The van der Waals surface area contributed by atoms with Crippen LogP contribution < -0.4 is 14.8 Å². The molecule has 27 heavy (non-hydrogen) atoms. The van der Waals surface area contributed by atoms with E-state index in [1.165, 1.54) is 12.1 Å². The zero-order valence-electron chi connectivity index (χ0n) is 14.6. The van der Waals surface area contributed by atoms with Gasteiger partial charge in [0.2, 0.25) is 0 Å². The van der Waals surface area contributed by atoms with Crippen molar-refractivity contribution < 1.29 is 13.9 Å². The second kappa shape index (κ2) is 8.98. The molecule has 0 heterocycles. The van der Waals surface area contributed by atoms with Crippen molar-refractivity contribution in [3.05, 3.63) is 87.7 Å². The summed E-state index contributed by atoms with van der Waals surface area (Å²) in [6, 6.07) is 17.1. The van der Waals surface area contributed by atoms with Gasteiger partial charge in [0.25, 0.3) is 0 Å². The minimum atomic E-state index is -0.272. The first-order valence-corrected chi connectivity index (χ1v) is 9.04. The minimum absolute atomic E-state index is 0.272. The lowest BCUT2D eigenvalue weighted by Crippen LogP contribution is -2.05. The third-order valence-corrected chi connectivity index (χ3v) is 4.58. The Kier molecular flexibility index (Phi) is 6.43. The lowest BCUT2D eigenvalue weighted by Gasteiger charge is -2.16. The molecule has 0 aliphatic carbocycles. The van der Waals surface area contributed by atoms with E-state index in [0.29, 0.717) is 28.1 Å². The summed E-state index contributed by atoms with van der Waals surface area (Å²) in [5.74, 6) is 0.977. The number of halogens is 3. The van der Waals surface area contributed by atoms with Crippen LogP contribution >= 0.6 is 23.2 Å². The Hall–Kier alpha value is -2.43. The van der Waals surface area contributed by atoms with E-state index >= 15 is 0 Å². The van der Waals surface area contributed by atoms with E-state index in [1.54, 1.807) is 31.4 Å². The number of rotatable bonds is 7. The van der Waals surface area contributed by atoms with Gasteiger partial charge in [-0.1, -0.05) is 41.4 Å². The first-order chi connectivity index (χ1) is 13.1. The van der Waals surface area contributed by atoms with E-state index in [4.69, 9.17) is 32.7 Å². The van der Waals surface area contributed by atoms with Crippen LogP contribution in [0.4, 0.5) is 10.1 Å². The van der Waals surface area contributed by atoms with Crippen LogP contribution in [-0.2, 0) is 13.2 Å². The van der Waals surface area contributed by atoms with Gasteiger partial charge in [-0.15, -0.1) is 0 Å². The largest absolute Gasteiger partial charge is 0.493 e. The van der Waals surface area contributed by atoms with Crippen molar-refractivity contribution in [1.82, 2.24) is 0 Å². The summed E-state index contributed by atoms with van der Waals surface area (Å²) in [4.78, 5) is 0. The second-order valence-corrected chi connectivity index (χ2v) is 6.68. The van der Waals surface area contributed by atoms with E-state index in [1.807, 2.05) is 24.3 Å². The van der Waals surface area contributed by atoms with Crippen LogP contribution in [0, 0.1) is 5.82 Å². The highest BCUT2D eigenvalue weighted by Crippen LogP contribution is 2.33. The summed E-state index contributed by atoms with van der Waals surface area (Å²) in [7, 11) is 1.59. The molecule has 3 nitrogen and oxygen atoms in total. The molecule has 3 aromatic rings. The first-order valence-electron chi connectivity index (χ1n) is 8.29. The van der Waals surface area contributed by atoms with Crippen molar-refractivity contribution in [2.75, 3.05) is 12.4 Å². The van der Waals surface area contributed by atoms with Gasteiger partial charge in [-0.3, -0.25) is 0 Å². The first kappa shape index (κ1) is 19.3. The molecule has 6 heteroatoms. The van der Waals surface area contributed by atoms with Crippen LogP contribution in [0.5, 0.6) is 11.5 Å². The van der Waals surface area contributed by atoms with Crippen molar-refractivity contribution in [3.8, 4) is 11.5 Å². The van der Waals surface area contributed by atoms with Crippen LogP contribution in [0.25, 0.3) is 0 Å². The molecule has 0 bridgehead atoms. The fourth-order valence-corrected chi connectivity index (χ4v) is 3.04. The van der Waals surface area contributed by atoms with E-state index in [2.05, 4.69) is 5.32 Å². The predicted molar refractivity (Wildman–Crippen MR) is 108 cm³/mol. The van der Waals surface area contributed by atoms with Crippen LogP contribution in [-0.4, -0.2) is 7.11 Å². The van der Waals surface area contributed by atoms with E-state index < -0.39 is 0 Å².